The van der Waals surface area contributed by atoms with E-state index in [0.717, 1.165) is 24.1 Å². The molecule has 1 unspecified atom stereocenters. The van der Waals surface area contributed by atoms with Crippen LogP contribution in [-0.2, 0) is 19.4 Å². The van der Waals surface area contributed by atoms with Gasteiger partial charge in [-0.25, -0.2) is 4.79 Å². The third-order valence-corrected chi connectivity index (χ3v) is 8.54. The molecule has 184 valence electrons. The number of anilines is 1. The first-order valence-electron chi connectivity index (χ1n) is 12.3. The van der Waals surface area contributed by atoms with Crippen LogP contribution in [0.4, 0.5) is 10.5 Å². The number of amides is 2. The van der Waals surface area contributed by atoms with E-state index in [1.807, 2.05) is 46.6 Å². The van der Waals surface area contributed by atoms with Crippen molar-refractivity contribution in [3.05, 3.63) is 94.1 Å². The largest absolute Gasteiger partial charge is 0.497 e. The van der Waals surface area contributed by atoms with Crippen molar-refractivity contribution in [2.75, 3.05) is 19.5 Å². The van der Waals surface area contributed by atoms with Crippen molar-refractivity contribution < 1.29 is 14.3 Å². The normalized spacial score (nSPS) is 16.4. The first-order chi connectivity index (χ1) is 17.7. The molecule has 0 bridgehead atoms. The number of aromatic nitrogens is 1. The molecule has 1 atom stereocenters. The second-order valence-corrected chi connectivity index (χ2v) is 10.3. The van der Waals surface area contributed by atoms with E-state index >= 15 is 0 Å². The molecule has 1 N–H and O–H groups in total. The van der Waals surface area contributed by atoms with Crippen LogP contribution < -0.4 is 14.8 Å². The lowest BCUT2D eigenvalue weighted by Gasteiger charge is -2.31. The highest BCUT2D eigenvalue weighted by Crippen LogP contribution is 2.44. The van der Waals surface area contributed by atoms with Crippen LogP contribution in [0.25, 0.3) is 5.00 Å². The predicted octanol–water partition coefficient (Wildman–Crippen LogP) is 6.57. The molecular weight excluding hydrogens is 470 g/mol. The summed E-state index contributed by atoms with van der Waals surface area (Å²) < 4.78 is 13.2. The van der Waals surface area contributed by atoms with Crippen LogP contribution in [0.3, 0.4) is 0 Å². The van der Waals surface area contributed by atoms with Crippen LogP contribution >= 0.6 is 11.3 Å². The van der Waals surface area contributed by atoms with Crippen molar-refractivity contribution in [1.82, 2.24) is 9.47 Å². The average molecular weight is 500 g/mol. The Bertz CT molecular complexity index is 1410. The number of thiophene rings is 1. The second-order valence-electron chi connectivity index (χ2n) is 9.24. The van der Waals surface area contributed by atoms with Gasteiger partial charge < -0.3 is 24.3 Å². The second kappa shape index (κ2) is 9.39. The van der Waals surface area contributed by atoms with E-state index in [1.165, 1.54) is 33.8 Å². The number of carbonyl (C=O) groups excluding carboxylic acids is 1. The topological polar surface area (TPSA) is 55.7 Å². The Morgan fingerprint density at radius 3 is 2.61 bits per heavy atom. The first-order valence-corrected chi connectivity index (χ1v) is 13.1. The van der Waals surface area contributed by atoms with Crippen molar-refractivity contribution in [3.8, 4) is 16.5 Å². The molecule has 0 fully saturated rings. The number of nitrogens with zero attached hydrogens (tertiary/aromatic N) is 2. The summed E-state index contributed by atoms with van der Waals surface area (Å²) in [6.07, 6.45) is 6.77. The number of urea groups is 1. The predicted molar refractivity (Wildman–Crippen MR) is 143 cm³/mol. The van der Waals surface area contributed by atoms with Crippen LogP contribution in [0, 0.1) is 0 Å². The van der Waals surface area contributed by atoms with Crippen molar-refractivity contribution in [2.24, 2.45) is 0 Å². The van der Waals surface area contributed by atoms with Crippen LogP contribution in [0.2, 0.25) is 0 Å². The molecule has 1 aliphatic heterocycles. The highest BCUT2D eigenvalue weighted by molar-refractivity contribution is 7.15. The zero-order valence-electron chi connectivity index (χ0n) is 20.5. The van der Waals surface area contributed by atoms with Crippen molar-refractivity contribution in [1.29, 1.82) is 0 Å². The minimum Gasteiger partial charge on any atom is -0.497 e. The molecule has 3 heterocycles. The third-order valence-electron chi connectivity index (χ3n) is 7.20. The number of aryl methyl sites for hydroxylation is 1. The van der Waals surface area contributed by atoms with Gasteiger partial charge in [0.2, 0.25) is 0 Å². The Morgan fingerprint density at radius 1 is 0.972 bits per heavy atom. The van der Waals surface area contributed by atoms with Gasteiger partial charge in [-0.3, -0.25) is 0 Å². The van der Waals surface area contributed by atoms with Crippen LogP contribution in [0.1, 0.15) is 46.1 Å². The van der Waals surface area contributed by atoms with Gasteiger partial charge in [0.15, 0.2) is 0 Å². The lowest BCUT2D eigenvalue weighted by Crippen LogP contribution is -2.38. The zero-order chi connectivity index (χ0) is 24.6. The molecule has 0 saturated heterocycles. The highest BCUT2D eigenvalue weighted by Gasteiger charge is 2.36. The van der Waals surface area contributed by atoms with Gasteiger partial charge in [0.25, 0.3) is 0 Å². The first kappa shape index (κ1) is 22.7. The summed E-state index contributed by atoms with van der Waals surface area (Å²) >= 11 is 1.89. The van der Waals surface area contributed by atoms with Crippen LogP contribution in [0.5, 0.6) is 11.5 Å². The Hall–Kier alpha value is -3.71. The fourth-order valence-corrected chi connectivity index (χ4v) is 6.88. The maximum Gasteiger partial charge on any atom is 0.323 e. The maximum absolute atomic E-state index is 14.1. The fourth-order valence-electron chi connectivity index (χ4n) is 5.47. The molecule has 2 aromatic carbocycles. The van der Waals surface area contributed by atoms with Crippen molar-refractivity contribution >= 4 is 23.1 Å². The van der Waals surface area contributed by atoms with E-state index < -0.39 is 0 Å². The number of hydrogen-bond acceptors (Lipinski definition) is 4. The van der Waals surface area contributed by atoms with Gasteiger partial charge in [-0.05, 0) is 61.1 Å². The number of benzene rings is 2. The Labute approximate surface area is 215 Å². The van der Waals surface area contributed by atoms with E-state index in [0.29, 0.717) is 23.7 Å². The van der Waals surface area contributed by atoms with Gasteiger partial charge in [-0.2, -0.15) is 0 Å². The number of nitrogens with one attached hydrogen (secondary N) is 1. The van der Waals surface area contributed by atoms with Gasteiger partial charge in [-0.15, -0.1) is 11.3 Å². The van der Waals surface area contributed by atoms with E-state index in [1.54, 1.807) is 20.3 Å². The minimum atomic E-state index is -0.239. The molecule has 7 heteroatoms. The molecule has 1 aliphatic carbocycles. The molecule has 0 radical (unpaired) electrons. The number of ether oxygens (including phenoxy) is 2. The van der Waals surface area contributed by atoms with E-state index in [-0.39, 0.29) is 12.1 Å². The van der Waals surface area contributed by atoms with E-state index in [4.69, 9.17) is 9.47 Å². The van der Waals surface area contributed by atoms with Crippen LogP contribution in [0.15, 0.2) is 66.9 Å². The van der Waals surface area contributed by atoms with Crippen molar-refractivity contribution in [2.45, 2.75) is 38.3 Å². The Morgan fingerprint density at radius 2 is 1.81 bits per heavy atom. The summed E-state index contributed by atoms with van der Waals surface area (Å²) in [6, 6.07) is 19.5. The molecule has 2 amide bonds. The molecule has 2 aromatic heterocycles. The summed E-state index contributed by atoms with van der Waals surface area (Å²) in [6.45, 7) is 0.542. The maximum atomic E-state index is 14.1. The molecule has 0 saturated carbocycles. The van der Waals surface area contributed by atoms with E-state index in [9.17, 15) is 4.79 Å². The monoisotopic (exact) mass is 499 g/mol. The lowest BCUT2D eigenvalue weighted by atomic mass is 9.95. The van der Waals surface area contributed by atoms with Gasteiger partial charge in [0.05, 0.1) is 38.2 Å². The number of hydrogen-bond donors (Lipinski definition) is 1. The Kier molecular flexibility index (Phi) is 5.93. The summed E-state index contributed by atoms with van der Waals surface area (Å²) in [4.78, 5) is 17.6. The van der Waals surface area contributed by atoms with Gasteiger partial charge in [-0.1, -0.05) is 30.3 Å². The van der Waals surface area contributed by atoms with Gasteiger partial charge >= 0.3 is 6.03 Å². The minimum absolute atomic E-state index is 0.174. The number of fused-ring (bicyclic) bond motifs is 5. The molecule has 2 aliphatic rings. The smallest absolute Gasteiger partial charge is 0.323 e. The molecule has 0 spiro atoms. The number of rotatable bonds is 4. The molecule has 6 rings (SSSR count). The molecule has 36 heavy (non-hydrogen) atoms. The number of carbonyl (C=O) groups is 1. The third kappa shape index (κ3) is 3.84. The number of methoxy groups -OCH3 is 2. The molecule has 4 aromatic rings. The molecular formula is C29H29N3O3S. The van der Waals surface area contributed by atoms with Gasteiger partial charge in [0, 0.05) is 22.7 Å². The quantitative estimate of drug-likeness (QED) is 0.345. The fraction of sp³-hybridized carbons (Fsp3) is 0.276. The van der Waals surface area contributed by atoms with Crippen molar-refractivity contribution in [3.63, 3.8) is 0 Å². The molecule has 6 nitrogen and oxygen atoms in total. The summed E-state index contributed by atoms with van der Waals surface area (Å²) in [5, 5.41) is 4.38. The lowest BCUT2D eigenvalue weighted by molar-refractivity contribution is 0.194. The average Bonchev–Trinajstić information content (AvgIpc) is 3.51. The summed E-state index contributed by atoms with van der Waals surface area (Å²) in [7, 11) is 3.22. The Balaban J connectivity index is 1.48. The highest BCUT2D eigenvalue weighted by atomic mass is 32.1. The standard InChI is InChI=1S/C29H29N3O3S/c1-34-20-14-15-25(35-2)23(17-20)30-29(33)32-18-22-21-11-6-7-13-26(21)36-28(22)31-16-8-12-24(31)27(32)19-9-4-3-5-10-19/h3-5,8-10,12,14-17,27H,6-7,11,13,18H2,1-2H3,(H,30,33). The summed E-state index contributed by atoms with van der Waals surface area (Å²) in [5.41, 5.74) is 5.46. The van der Waals surface area contributed by atoms with Crippen LogP contribution in [-0.4, -0.2) is 29.7 Å². The summed E-state index contributed by atoms with van der Waals surface area (Å²) in [5.74, 6) is 1.25. The zero-order valence-corrected chi connectivity index (χ0v) is 21.3. The van der Waals surface area contributed by atoms with E-state index in [2.05, 4.69) is 40.3 Å². The SMILES string of the molecule is COc1ccc(OC)c(NC(=O)N2Cc3c(sc4c3CCCC4)-n3cccc3C2c2ccccc2)c1. The van der Waals surface area contributed by atoms with Gasteiger partial charge in [0.1, 0.15) is 16.5 Å².